The molecule has 1 heterocycles. The van der Waals surface area contributed by atoms with Gasteiger partial charge in [0.25, 0.3) is 0 Å². The average Bonchev–Trinajstić information content (AvgIpc) is 3.04. The van der Waals surface area contributed by atoms with E-state index < -0.39 is 0 Å². The molecule has 4 nitrogen and oxygen atoms in total. The number of rotatable bonds is 4. The first kappa shape index (κ1) is 15.9. The Balaban J connectivity index is 1.89. The number of carbonyl (C=O) groups is 1. The van der Waals surface area contributed by atoms with Crippen LogP contribution < -0.4 is 0 Å². The van der Waals surface area contributed by atoms with Crippen LogP contribution in [-0.4, -0.2) is 34.7 Å². The highest BCUT2D eigenvalue weighted by Crippen LogP contribution is 2.27. The van der Waals surface area contributed by atoms with Crippen LogP contribution in [0.2, 0.25) is 0 Å². The number of aromatic nitrogens is 2. The van der Waals surface area contributed by atoms with Crippen LogP contribution in [0.15, 0.2) is 60.8 Å². The van der Waals surface area contributed by atoms with E-state index >= 15 is 0 Å². The SMILES string of the molecule is CN(C)C(=O)Cn1ccc(-c2cccc(-c3ccccc3F)c2)n1. The summed E-state index contributed by atoms with van der Waals surface area (Å²) in [5.74, 6) is -0.276. The normalized spacial score (nSPS) is 10.6. The topological polar surface area (TPSA) is 38.1 Å². The number of carbonyl (C=O) groups excluding carboxylic acids is 1. The predicted molar refractivity (Wildman–Crippen MR) is 91.8 cm³/mol. The fourth-order valence-corrected chi connectivity index (χ4v) is 2.43. The summed E-state index contributed by atoms with van der Waals surface area (Å²) in [4.78, 5) is 13.3. The minimum Gasteiger partial charge on any atom is -0.347 e. The molecule has 3 rings (SSSR count). The van der Waals surface area contributed by atoms with Gasteiger partial charge in [-0.2, -0.15) is 5.10 Å². The van der Waals surface area contributed by atoms with E-state index in [0.29, 0.717) is 5.56 Å². The summed E-state index contributed by atoms with van der Waals surface area (Å²) < 4.78 is 15.6. The lowest BCUT2D eigenvalue weighted by molar-refractivity contribution is -0.129. The van der Waals surface area contributed by atoms with Crippen molar-refractivity contribution in [2.45, 2.75) is 6.54 Å². The highest BCUT2D eigenvalue weighted by molar-refractivity contribution is 5.75. The highest BCUT2D eigenvalue weighted by Gasteiger charge is 2.10. The lowest BCUT2D eigenvalue weighted by atomic mass is 10.0. The molecule has 0 saturated heterocycles. The number of nitrogens with zero attached hydrogens (tertiary/aromatic N) is 3. The maximum atomic E-state index is 14.0. The molecule has 0 saturated carbocycles. The van der Waals surface area contributed by atoms with E-state index in [-0.39, 0.29) is 18.3 Å². The van der Waals surface area contributed by atoms with Gasteiger partial charge in [-0.05, 0) is 23.8 Å². The first-order chi connectivity index (χ1) is 11.5. The summed E-state index contributed by atoms with van der Waals surface area (Å²) in [5, 5.41) is 4.44. The number of hydrogen-bond donors (Lipinski definition) is 0. The average molecular weight is 323 g/mol. The van der Waals surface area contributed by atoms with Gasteiger partial charge in [-0.25, -0.2) is 4.39 Å². The fourth-order valence-electron chi connectivity index (χ4n) is 2.43. The lowest BCUT2D eigenvalue weighted by Crippen LogP contribution is -2.26. The molecule has 1 aromatic heterocycles. The zero-order valence-corrected chi connectivity index (χ0v) is 13.6. The second-order valence-electron chi connectivity index (χ2n) is 5.75. The second kappa shape index (κ2) is 6.66. The van der Waals surface area contributed by atoms with Gasteiger partial charge in [0, 0.05) is 31.4 Å². The summed E-state index contributed by atoms with van der Waals surface area (Å²) >= 11 is 0. The Labute approximate surface area is 140 Å². The van der Waals surface area contributed by atoms with Crippen LogP contribution in [0.5, 0.6) is 0 Å². The smallest absolute Gasteiger partial charge is 0.243 e. The van der Waals surface area contributed by atoms with Crippen LogP contribution >= 0.6 is 0 Å². The summed E-state index contributed by atoms with van der Waals surface area (Å²) in [6.07, 6.45) is 1.77. The van der Waals surface area contributed by atoms with E-state index in [1.165, 1.54) is 11.0 Å². The van der Waals surface area contributed by atoms with Gasteiger partial charge in [0.15, 0.2) is 0 Å². The van der Waals surface area contributed by atoms with E-state index in [1.807, 2.05) is 36.4 Å². The lowest BCUT2D eigenvalue weighted by Gasteiger charge is -2.09. The molecule has 24 heavy (non-hydrogen) atoms. The van der Waals surface area contributed by atoms with Gasteiger partial charge in [-0.1, -0.05) is 36.4 Å². The molecule has 0 aliphatic rings. The van der Waals surface area contributed by atoms with Crippen molar-refractivity contribution in [3.05, 3.63) is 66.6 Å². The van der Waals surface area contributed by atoms with Crippen molar-refractivity contribution in [2.75, 3.05) is 14.1 Å². The van der Waals surface area contributed by atoms with E-state index in [4.69, 9.17) is 0 Å². The molecule has 3 aromatic rings. The number of amides is 1. The maximum absolute atomic E-state index is 14.0. The Morgan fingerprint density at radius 3 is 2.58 bits per heavy atom. The minimum atomic E-state index is -0.253. The summed E-state index contributed by atoms with van der Waals surface area (Å²) in [7, 11) is 3.43. The molecule has 5 heteroatoms. The number of benzene rings is 2. The molecule has 1 amide bonds. The van der Waals surface area contributed by atoms with Crippen LogP contribution in [-0.2, 0) is 11.3 Å². The van der Waals surface area contributed by atoms with Gasteiger partial charge in [-0.15, -0.1) is 0 Å². The van der Waals surface area contributed by atoms with Crippen molar-refractivity contribution in [3.8, 4) is 22.4 Å². The van der Waals surface area contributed by atoms with Crippen molar-refractivity contribution in [3.63, 3.8) is 0 Å². The number of hydrogen-bond acceptors (Lipinski definition) is 2. The Bertz CT molecular complexity index is 870. The summed E-state index contributed by atoms with van der Waals surface area (Å²) in [6, 6.07) is 16.1. The third-order valence-electron chi connectivity index (χ3n) is 3.78. The van der Waals surface area contributed by atoms with E-state index in [2.05, 4.69) is 5.10 Å². The van der Waals surface area contributed by atoms with Crippen LogP contribution in [0.25, 0.3) is 22.4 Å². The van der Waals surface area contributed by atoms with Crippen LogP contribution in [0.4, 0.5) is 4.39 Å². The van der Waals surface area contributed by atoms with Gasteiger partial charge >= 0.3 is 0 Å². The van der Waals surface area contributed by atoms with Crippen molar-refractivity contribution < 1.29 is 9.18 Å². The molecule has 0 atom stereocenters. The van der Waals surface area contributed by atoms with Gasteiger partial charge in [0.2, 0.25) is 5.91 Å². The first-order valence-corrected chi connectivity index (χ1v) is 7.63. The van der Waals surface area contributed by atoms with Crippen LogP contribution in [0.3, 0.4) is 0 Å². The van der Waals surface area contributed by atoms with Crippen LogP contribution in [0, 0.1) is 5.82 Å². The molecular formula is C19H18FN3O. The van der Waals surface area contributed by atoms with E-state index in [9.17, 15) is 9.18 Å². The quantitative estimate of drug-likeness (QED) is 0.737. The molecule has 0 unspecified atom stereocenters. The zero-order chi connectivity index (χ0) is 17.1. The standard InChI is InChI=1S/C19H18FN3O/c1-22(2)19(24)13-23-11-10-18(21-23)15-7-5-6-14(12-15)16-8-3-4-9-17(16)20/h3-12H,13H2,1-2H3. The number of halogens is 1. The molecule has 0 bridgehead atoms. The Morgan fingerprint density at radius 2 is 1.83 bits per heavy atom. The summed E-state index contributed by atoms with van der Waals surface area (Å²) in [6.45, 7) is 0.194. The fraction of sp³-hybridized carbons (Fsp3) is 0.158. The van der Waals surface area contributed by atoms with Gasteiger partial charge in [-0.3, -0.25) is 9.48 Å². The molecule has 0 aliphatic carbocycles. The highest BCUT2D eigenvalue weighted by atomic mass is 19.1. The second-order valence-corrected chi connectivity index (χ2v) is 5.75. The largest absolute Gasteiger partial charge is 0.347 e. The molecule has 122 valence electrons. The summed E-state index contributed by atoms with van der Waals surface area (Å²) in [5.41, 5.74) is 2.98. The maximum Gasteiger partial charge on any atom is 0.243 e. The Kier molecular flexibility index (Phi) is 4.42. The monoisotopic (exact) mass is 323 g/mol. The molecular weight excluding hydrogens is 305 g/mol. The van der Waals surface area contributed by atoms with Crippen LogP contribution in [0.1, 0.15) is 0 Å². The van der Waals surface area contributed by atoms with Crippen molar-refractivity contribution in [2.24, 2.45) is 0 Å². The Morgan fingerprint density at radius 1 is 1.08 bits per heavy atom. The third-order valence-corrected chi connectivity index (χ3v) is 3.78. The third kappa shape index (κ3) is 3.35. The Hall–Kier alpha value is -2.95. The van der Waals surface area contributed by atoms with Crippen molar-refractivity contribution in [1.29, 1.82) is 0 Å². The molecule has 0 fully saturated rings. The minimum absolute atomic E-state index is 0.0234. The molecule has 0 radical (unpaired) electrons. The van der Waals surface area contributed by atoms with Gasteiger partial charge < -0.3 is 4.90 Å². The van der Waals surface area contributed by atoms with E-state index in [0.717, 1.165) is 16.8 Å². The molecule has 0 spiro atoms. The van der Waals surface area contributed by atoms with E-state index in [1.54, 1.807) is 37.1 Å². The first-order valence-electron chi connectivity index (χ1n) is 7.63. The van der Waals surface area contributed by atoms with Crippen molar-refractivity contribution in [1.82, 2.24) is 14.7 Å². The van der Waals surface area contributed by atoms with Gasteiger partial charge in [0.1, 0.15) is 12.4 Å². The number of likely N-dealkylation sites (N-methyl/N-ethyl adjacent to an activating group) is 1. The molecule has 2 aromatic carbocycles. The zero-order valence-electron chi connectivity index (χ0n) is 13.6. The van der Waals surface area contributed by atoms with Gasteiger partial charge in [0.05, 0.1) is 5.69 Å². The molecule has 0 N–H and O–H groups in total. The van der Waals surface area contributed by atoms with Crippen molar-refractivity contribution >= 4 is 5.91 Å². The molecule has 0 aliphatic heterocycles. The predicted octanol–water partition coefficient (Wildman–Crippen LogP) is 3.44.